The lowest BCUT2D eigenvalue weighted by atomic mass is 10.1. The van der Waals surface area contributed by atoms with E-state index in [0.29, 0.717) is 33.3 Å². The van der Waals surface area contributed by atoms with Crippen LogP contribution in [0.2, 0.25) is 5.02 Å². The van der Waals surface area contributed by atoms with Gasteiger partial charge in [-0.2, -0.15) is 0 Å². The van der Waals surface area contributed by atoms with Gasteiger partial charge in [-0.1, -0.05) is 41.4 Å². The van der Waals surface area contributed by atoms with Crippen molar-refractivity contribution < 1.29 is 9.21 Å². The van der Waals surface area contributed by atoms with Gasteiger partial charge in [0.25, 0.3) is 5.91 Å². The van der Waals surface area contributed by atoms with Crippen LogP contribution in [-0.4, -0.2) is 16.0 Å². The van der Waals surface area contributed by atoms with Gasteiger partial charge in [-0.25, -0.2) is 4.98 Å². The summed E-state index contributed by atoms with van der Waals surface area (Å²) < 4.78 is 5.81. The molecule has 0 spiro atoms. The van der Waals surface area contributed by atoms with E-state index in [-0.39, 0.29) is 11.0 Å². The highest BCUT2D eigenvalue weighted by molar-refractivity contribution is 7.80. The number of rotatable bonds is 3. The van der Waals surface area contributed by atoms with Crippen molar-refractivity contribution in [3.63, 3.8) is 0 Å². The molecule has 0 bridgehead atoms. The molecule has 0 unspecified atom stereocenters. The van der Waals surface area contributed by atoms with Crippen LogP contribution in [0, 0.1) is 13.8 Å². The van der Waals surface area contributed by atoms with Crippen LogP contribution >= 0.6 is 23.8 Å². The van der Waals surface area contributed by atoms with Gasteiger partial charge in [-0.15, -0.1) is 0 Å². The molecule has 0 radical (unpaired) electrons. The molecule has 0 aliphatic heterocycles. The van der Waals surface area contributed by atoms with Crippen molar-refractivity contribution >= 4 is 51.6 Å². The number of aromatic nitrogens is 1. The normalized spacial score (nSPS) is 10.8. The first-order valence-corrected chi connectivity index (χ1v) is 10.0. The van der Waals surface area contributed by atoms with E-state index in [0.717, 1.165) is 16.6 Å². The number of halogens is 1. The molecule has 2 N–H and O–H groups in total. The molecule has 7 heteroatoms. The molecule has 0 aliphatic rings. The lowest BCUT2D eigenvalue weighted by Crippen LogP contribution is -2.34. The molecule has 0 atom stereocenters. The Labute approximate surface area is 184 Å². The largest absolute Gasteiger partial charge is 0.436 e. The summed E-state index contributed by atoms with van der Waals surface area (Å²) in [6, 6.07) is 18.4. The number of hydrogen-bond acceptors (Lipinski definition) is 4. The molecule has 150 valence electrons. The smallest absolute Gasteiger partial charge is 0.257 e. The number of nitrogens with zero attached hydrogens (tertiary/aromatic N) is 1. The van der Waals surface area contributed by atoms with Crippen molar-refractivity contribution in [2.75, 3.05) is 5.32 Å². The minimum Gasteiger partial charge on any atom is -0.436 e. The number of hydrogen-bond donors (Lipinski definition) is 2. The zero-order valence-corrected chi connectivity index (χ0v) is 17.9. The van der Waals surface area contributed by atoms with Crippen LogP contribution in [0.5, 0.6) is 0 Å². The van der Waals surface area contributed by atoms with Gasteiger partial charge < -0.3 is 9.73 Å². The summed E-state index contributed by atoms with van der Waals surface area (Å²) in [5, 5.41) is 6.41. The molecule has 0 saturated carbocycles. The molecule has 1 amide bonds. The monoisotopic (exact) mass is 435 g/mol. The summed E-state index contributed by atoms with van der Waals surface area (Å²) in [5.74, 6) is 0.147. The molecular weight excluding hydrogens is 418 g/mol. The zero-order valence-electron chi connectivity index (χ0n) is 16.3. The zero-order chi connectivity index (χ0) is 21.3. The maximum absolute atomic E-state index is 12.5. The number of thiocarbonyl (C=S) groups is 1. The fraction of sp³-hybridized carbons (Fsp3) is 0.0870. The van der Waals surface area contributed by atoms with E-state index >= 15 is 0 Å². The van der Waals surface area contributed by atoms with Crippen LogP contribution in [0.1, 0.15) is 21.5 Å². The first kappa shape index (κ1) is 20.1. The second kappa shape index (κ2) is 8.26. The van der Waals surface area contributed by atoms with Gasteiger partial charge in [0, 0.05) is 11.3 Å². The Kier molecular flexibility index (Phi) is 5.53. The van der Waals surface area contributed by atoms with E-state index in [9.17, 15) is 4.79 Å². The number of carbonyl (C=O) groups excluding carboxylic acids is 1. The molecule has 0 saturated heterocycles. The van der Waals surface area contributed by atoms with Crippen molar-refractivity contribution in [2.45, 2.75) is 13.8 Å². The van der Waals surface area contributed by atoms with Gasteiger partial charge in [-0.05, 0) is 68.0 Å². The fourth-order valence-electron chi connectivity index (χ4n) is 3.16. The molecule has 4 rings (SSSR count). The number of amides is 1. The molecular formula is C23H18ClN3O2S. The lowest BCUT2D eigenvalue weighted by Gasteiger charge is -2.12. The van der Waals surface area contributed by atoms with Crippen molar-refractivity contribution in [1.29, 1.82) is 0 Å². The Morgan fingerprint density at radius 3 is 2.63 bits per heavy atom. The number of para-hydroxylation sites is 2. The summed E-state index contributed by atoms with van der Waals surface area (Å²) >= 11 is 11.7. The number of aryl methyl sites for hydroxylation is 2. The molecule has 1 aromatic heterocycles. The SMILES string of the molecule is Cc1ccc(C(=O)NC(=S)Nc2ccc(Cl)c(-c3nc4ccccc4o3)c2)c(C)c1. The quantitative estimate of drug-likeness (QED) is 0.392. The van der Waals surface area contributed by atoms with Crippen molar-refractivity contribution in [1.82, 2.24) is 10.3 Å². The number of carbonyl (C=O) groups is 1. The highest BCUT2D eigenvalue weighted by Gasteiger charge is 2.14. The minimum atomic E-state index is -0.266. The molecule has 0 aliphatic carbocycles. The Bertz CT molecular complexity index is 1250. The van der Waals surface area contributed by atoms with Crippen molar-refractivity contribution in [2.24, 2.45) is 0 Å². The first-order chi connectivity index (χ1) is 14.4. The van der Waals surface area contributed by atoms with E-state index < -0.39 is 0 Å². The number of anilines is 1. The predicted octanol–water partition coefficient (Wildman–Crippen LogP) is 5.89. The summed E-state index contributed by atoms with van der Waals surface area (Å²) in [7, 11) is 0. The number of fused-ring (bicyclic) bond motifs is 1. The Balaban J connectivity index is 1.52. The first-order valence-electron chi connectivity index (χ1n) is 9.26. The maximum atomic E-state index is 12.5. The summed E-state index contributed by atoms with van der Waals surface area (Å²) in [5.41, 5.74) is 5.27. The highest BCUT2D eigenvalue weighted by atomic mass is 35.5. The molecule has 30 heavy (non-hydrogen) atoms. The van der Waals surface area contributed by atoms with Crippen LogP contribution in [0.25, 0.3) is 22.6 Å². The third-order valence-electron chi connectivity index (χ3n) is 4.60. The molecule has 0 fully saturated rings. The Morgan fingerprint density at radius 1 is 1.07 bits per heavy atom. The van der Waals surface area contributed by atoms with E-state index in [4.69, 9.17) is 28.2 Å². The Hall–Kier alpha value is -3.22. The molecule has 5 nitrogen and oxygen atoms in total. The van der Waals surface area contributed by atoms with E-state index in [1.165, 1.54) is 0 Å². The Morgan fingerprint density at radius 2 is 1.87 bits per heavy atom. The van der Waals surface area contributed by atoms with Crippen LogP contribution in [0.4, 0.5) is 5.69 Å². The van der Waals surface area contributed by atoms with Gasteiger partial charge >= 0.3 is 0 Å². The van der Waals surface area contributed by atoms with E-state index in [1.807, 2.05) is 50.2 Å². The van der Waals surface area contributed by atoms with E-state index in [2.05, 4.69) is 15.6 Å². The van der Waals surface area contributed by atoms with Gasteiger partial charge in [0.15, 0.2) is 10.7 Å². The molecule has 1 heterocycles. The topological polar surface area (TPSA) is 67.2 Å². The summed E-state index contributed by atoms with van der Waals surface area (Å²) in [4.78, 5) is 17.0. The molecule has 4 aromatic rings. The highest BCUT2D eigenvalue weighted by Crippen LogP contribution is 2.32. The summed E-state index contributed by atoms with van der Waals surface area (Å²) in [6.07, 6.45) is 0. The van der Waals surface area contributed by atoms with Crippen molar-refractivity contribution in [3.8, 4) is 11.5 Å². The second-order valence-corrected chi connectivity index (χ2v) is 7.72. The van der Waals surface area contributed by atoms with Crippen LogP contribution in [0.3, 0.4) is 0 Å². The average Bonchev–Trinajstić information content (AvgIpc) is 3.13. The van der Waals surface area contributed by atoms with Gasteiger partial charge in [0.2, 0.25) is 5.89 Å². The van der Waals surface area contributed by atoms with Crippen LogP contribution < -0.4 is 10.6 Å². The standard InChI is InChI=1S/C23H18ClN3O2S/c1-13-7-9-16(14(2)11-13)21(28)27-23(30)25-15-8-10-18(24)17(12-15)22-26-19-5-3-4-6-20(19)29-22/h3-12H,1-2H3,(H2,25,27,28,30). The van der Waals surface area contributed by atoms with Gasteiger partial charge in [0.05, 0.1) is 10.6 Å². The number of oxazole rings is 1. The summed E-state index contributed by atoms with van der Waals surface area (Å²) in [6.45, 7) is 3.88. The third-order valence-corrected chi connectivity index (χ3v) is 5.14. The second-order valence-electron chi connectivity index (χ2n) is 6.91. The van der Waals surface area contributed by atoms with Crippen molar-refractivity contribution in [3.05, 3.63) is 82.4 Å². The number of nitrogens with one attached hydrogen (secondary N) is 2. The average molecular weight is 436 g/mol. The third kappa shape index (κ3) is 4.20. The molecule has 3 aromatic carbocycles. The predicted molar refractivity (Wildman–Crippen MR) is 124 cm³/mol. The lowest BCUT2D eigenvalue weighted by molar-refractivity contribution is 0.0977. The van der Waals surface area contributed by atoms with E-state index in [1.54, 1.807) is 24.3 Å². The maximum Gasteiger partial charge on any atom is 0.257 e. The minimum absolute atomic E-state index is 0.186. The van der Waals surface area contributed by atoms with Crippen LogP contribution in [-0.2, 0) is 0 Å². The number of benzene rings is 3. The van der Waals surface area contributed by atoms with Crippen LogP contribution in [0.15, 0.2) is 65.1 Å². The van der Waals surface area contributed by atoms with Gasteiger partial charge in [-0.3, -0.25) is 10.1 Å². The fourth-order valence-corrected chi connectivity index (χ4v) is 3.56. The van der Waals surface area contributed by atoms with Gasteiger partial charge in [0.1, 0.15) is 5.52 Å².